The van der Waals surface area contributed by atoms with E-state index >= 15 is 0 Å². The van der Waals surface area contributed by atoms with Gasteiger partial charge in [-0.25, -0.2) is 9.82 Å². The molecule has 3 N–H and O–H groups in total. The Morgan fingerprint density at radius 3 is 2.91 bits per heavy atom. The van der Waals surface area contributed by atoms with Crippen LogP contribution in [0.15, 0.2) is 24.3 Å². The molecule has 3 rings (SSSR count). The number of hydrogen-bond acceptors (Lipinski definition) is 4. The van der Waals surface area contributed by atoms with E-state index in [-0.39, 0.29) is 29.7 Å². The van der Waals surface area contributed by atoms with Crippen molar-refractivity contribution < 1.29 is 9.18 Å². The predicted octanol–water partition coefficient (Wildman–Crippen LogP) is 1.19. The van der Waals surface area contributed by atoms with Crippen LogP contribution in [-0.2, 0) is 4.79 Å². The number of piperidine rings is 1. The molecule has 2 aliphatic rings. The largest absolute Gasteiger partial charge is 0.353 e. The Morgan fingerprint density at radius 2 is 2.17 bits per heavy atom. The van der Waals surface area contributed by atoms with Crippen molar-refractivity contribution in [3.63, 3.8) is 0 Å². The zero-order chi connectivity index (χ0) is 16.4. The Bertz CT molecular complexity index is 565. The molecule has 2 saturated heterocycles. The van der Waals surface area contributed by atoms with E-state index in [4.69, 9.17) is 0 Å². The van der Waals surface area contributed by atoms with Gasteiger partial charge in [-0.2, -0.15) is 0 Å². The summed E-state index contributed by atoms with van der Waals surface area (Å²) in [6, 6.07) is 7.33. The second-order valence-electron chi connectivity index (χ2n) is 6.80. The van der Waals surface area contributed by atoms with Crippen molar-refractivity contribution in [2.75, 3.05) is 19.6 Å². The van der Waals surface area contributed by atoms with Gasteiger partial charge in [0.15, 0.2) is 0 Å². The third kappa shape index (κ3) is 3.71. The van der Waals surface area contributed by atoms with E-state index in [2.05, 4.69) is 21.1 Å². The summed E-state index contributed by atoms with van der Waals surface area (Å²) in [5, 5.41) is 2.93. The van der Waals surface area contributed by atoms with Crippen LogP contribution in [0.25, 0.3) is 0 Å². The predicted molar refractivity (Wildman–Crippen MR) is 87.0 cm³/mol. The van der Waals surface area contributed by atoms with Crippen LogP contribution < -0.4 is 16.2 Å². The van der Waals surface area contributed by atoms with Gasteiger partial charge in [0, 0.05) is 36.7 Å². The Balaban J connectivity index is 1.67. The number of hydrazine groups is 1. The zero-order valence-corrected chi connectivity index (χ0v) is 13.7. The fourth-order valence-corrected chi connectivity index (χ4v) is 3.62. The van der Waals surface area contributed by atoms with Gasteiger partial charge in [0.1, 0.15) is 5.82 Å². The first-order valence-electron chi connectivity index (χ1n) is 8.32. The highest BCUT2D eigenvalue weighted by atomic mass is 19.1. The minimum absolute atomic E-state index is 0.0554. The lowest BCUT2D eigenvalue weighted by Gasteiger charge is -2.35. The van der Waals surface area contributed by atoms with Crippen LogP contribution in [0.5, 0.6) is 0 Å². The van der Waals surface area contributed by atoms with Gasteiger partial charge in [-0.05, 0) is 26.3 Å². The SMILES string of the molecule is CC(C)NC(=O)CN1CCC2NNC(c3ccccc3F)C2C1. The summed E-state index contributed by atoms with van der Waals surface area (Å²) in [5.41, 5.74) is 7.24. The van der Waals surface area contributed by atoms with Crippen LogP contribution >= 0.6 is 0 Å². The number of rotatable bonds is 4. The summed E-state index contributed by atoms with van der Waals surface area (Å²) in [6.07, 6.45) is 0.956. The molecular weight excluding hydrogens is 295 g/mol. The van der Waals surface area contributed by atoms with Crippen molar-refractivity contribution in [2.45, 2.75) is 38.4 Å². The highest BCUT2D eigenvalue weighted by Gasteiger charge is 2.41. The zero-order valence-electron chi connectivity index (χ0n) is 13.7. The molecule has 2 heterocycles. The van der Waals surface area contributed by atoms with E-state index in [0.717, 1.165) is 19.5 Å². The second-order valence-corrected chi connectivity index (χ2v) is 6.80. The summed E-state index contributed by atoms with van der Waals surface area (Å²) >= 11 is 0. The van der Waals surface area contributed by atoms with Crippen molar-refractivity contribution in [3.05, 3.63) is 35.6 Å². The van der Waals surface area contributed by atoms with Crippen molar-refractivity contribution in [2.24, 2.45) is 5.92 Å². The smallest absolute Gasteiger partial charge is 0.234 e. The maximum absolute atomic E-state index is 14.1. The van der Waals surface area contributed by atoms with Gasteiger partial charge in [0.25, 0.3) is 0 Å². The van der Waals surface area contributed by atoms with Crippen LogP contribution in [0.3, 0.4) is 0 Å². The monoisotopic (exact) mass is 320 g/mol. The number of carbonyl (C=O) groups is 1. The second kappa shape index (κ2) is 6.95. The molecule has 0 bridgehead atoms. The molecule has 0 radical (unpaired) electrons. The molecule has 2 fully saturated rings. The summed E-state index contributed by atoms with van der Waals surface area (Å²) in [6.45, 7) is 6.00. The third-order valence-corrected chi connectivity index (χ3v) is 4.65. The lowest BCUT2D eigenvalue weighted by atomic mass is 9.85. The fourth-order valence-electron chi connectivity index (χ4n) is 3.62. The standard InChI is InChI=1S/C17H25FN4O/c1-11(2)19-16(23)10-22-8-7-15-13(9-22)17(21-20-15)12-5-3-4-6-14(12)18/h3-6,11,13,15,17,20-21H,7-10H2,1-2H3,(H,19,23). The van der Waals surface area contributed by atoms with Gasteiger partial charge in [-0.1, -0.05) is 18.2 Å². The number of benzene rings is 1. The average molecular weight is 320 g/mol. The van der Waals surface area contributed by atoms with Crippen molar-refractivity contribution >= 4 is 5.91 Å². The Hall–Kier alpha value is -1.50. The lowest BCUT2D eigenvalue weighted by molar-refractivity contribution is -0.123. The number of halogens is 1. The van der Waals surface area contributed by atoms with Crippen molar-refractivity contribution in [3.8, 4) is 0 Å². The highest BCUT2D eigenvalue weighted by molar-refractivity contribution is 5.78. The Morgan fingerprint density at radius 1 is 1.39 bits per heavy atom. The molecule has 6 heteroatoms. The van der Waals surface area contributed by atoms with E-state index in [9.17, 15) is 9.18 Å². The molecule has 0 aromatic heterocycles. The third-order valence-electron chi connectivity index (χ3n) is 4.65. The van der Waals surface area contributed by atoms with E-state index in [1.54, 1.807) is 6.07 Å². The molecule has 126 valence electrons. The van der Waals surface area contributed by atoms with Gasteiger partial charge in [0.2, 0.25) is 5.91 Å². The molecule has 1 aromatic carbocycles. The molecule has 0 aliphatic carbocycles. The van der Waals surface area contributed by atoms with Gasteiger partial charge < -0.3 is 5.32 Å². The van der Waals surface area contributed by atoms with Gasteiger partial charge in [-0.15, -0.1) is 0 Å². The van der Waals surface area contributed by atoms with E-state index in [0.29, 0.717) is 18.2 Å². The summed E-state index contributed by atoms with van der Waals surface area (Å²) in [7, 11) is 0. The number of hydrogen-bond donors (Lipinski definition) is 3. The number of fused-ring (bicyclic) bond motifs is 1. The van der Waals surface area contributed by atoms with Gasteiger partial charge in [0.05, 0.1) is 12.6 Å². The van der Waals surface area contributed by atoms with Crippen molar-refractivity contribution in [1.29, 1.82) is 0 Å². The quantitative estimate of drug-likeness (QED) is 0.780. The van der Waals surface area contributed by atoms with E-state index in [1.807, 2.05) is 26.0 Å². The first-order chi connectivity index (χ1) is 11.0. The number of carbonyl (C=O) groups excluding carboxylic acids is 1. The molecule has 0 saturated carbocycles. The Labute approximate surface area is 136 Å². The maximum atomic E-state index is 14.1. The molecule has 2 aliphatic heterocycles. The van der Waals surface area contributed by atoms with Crippen LogP contribution in [-0.4, -0.2) is 42.5 Å². The molecule has 3 unspecified atom stereocenters. The first-order valence-corrected chi connectivity index (χ1v) is 8.32. The lowest BCUT2D eigenvalue weighted by Crippen LogP contribution is -2.49. The number of likely N-dealkylation sites (tertiary alicyclic amines) is 1. The first kappa shape index (κ1) is 16.4. The number of amides is 1. The molecule has 3 atom stereocenters. The van der Waals surface area contributed by atoms with Crippen LogP contribution in [0.2, 0.25) is 0 Å². The van der Waals surface area contributed by atoms with E-state index < -0.39 is 0 Å². The molecule has 1 amide bonds. The molecule has 0 spiro atoms. The number of nitrogens with zero attached hydrogens (tertiary/aromatic N) is 1. The highest BCUT2D eigenvalue weighted by Crippen LogP contribution is 2.34. The topological polar surface area (TPSA) is 56.4 Å². The molecule has 1 aromatic rings. The van der Waals surface area contributed by atoms with Gasteiger partial charge >= 0.3 is 0 Å². The van der Waals surface area contributed by atoms with Crippen LogP contribution in [0.4, 0.5) is 4.39 Å². The van der Waals surface area contributed by atoms with Crippen molar-refractivity contribution in [1.82, 2.24) is 21.1 Å². The minimum Gasteiger partial charge on any atom is -0.353 e. The summed E-state index contributed by atoms with van der Waals surface area (Å²) in [4.78, 5) is 14.1. The normalized spacial score (nSPS) is 27.9. The maximum Gasteiger partial charge on any atom is 0.234 e. The minimum atomic E-state index is -0.179. The Kier molecular flexibility index (Phi) is 4.94. The molecule has 5 nitrogen and oxygen atoms in total. The van der Waals surface area contributed by atoms with E-state index in [1.165, 1.54) is 6.07 Å². The molecular formula is C17H25FN4O. The fraction of sp³-hybridized carbons (Fsp3) is 0.588. The van der Waals surface area contributed by atoms with Gasteiger partial charge in [-0.3, -0.25) is 15.1 Å². The van der Waals surface area contributed by atoms with Crippen LogP contribution in [0.1, 0.15) is 31.9 Å². The van der Waals surface area contributed by atoms with Crippen LogP contribution in [0, 0.1) is 11.7 Å². The summed E-state index contributed by atoms with van der Waals surface area (Å²) in [5.74, 6) is 0.134. The summed E-state index contributed by atoms with van der Waals surface area (Å²) < 4.78 is 14.1. The molecule has 23 heavy (non-hydrogen) atoms. The number of nitrogens with one attached hydrogen (secondary N) is 3. The average Bonchev–Trinajstić information content (AvgIpc) is 2.90.